The third-order valence-corrected chi connectivity index (χ3v) is 6.64. The van der Waals surface area contributed by atoms with E-state index in [2.05, 4.69) is 0 Å². The molecule has 1 aliphatic rings. The molecule has 6 heteroatoms. The SMILES string of the molecule is COc1ccc2cc(C(=O)[C@H]3CCCN(C(=O)c4csc(C(C)=O)c4)C3)ccc2c1. The number of hydrogen-bond donors (Lipinski definition) is 0. The number of fused-ring (bicyclic) bond motifs is 1. The number of ether oxygens (including phenoxy) is 1. The van der Waals surface area contributed by atoms with Gasteiger partial charge in [0.15, 0.2) is 11.6 Å². The van der Waals surface area contributed by atoms with Crippen LogP contribution in [0.25, 0.3) is 10.8 Å². The Bertz CT molecular complexity index is 1130. The zero-order valence-corrected chi connectivity index (χ0v) is 17.8. The van der Waals surface area contributed by atoms with Gasteiger partial charge >= 0.3 is 0 Å². The molecule has 30 heavy (non-hydrogen) atoms. The maximum Gasteiger partial charge on any atom is 0.254 e. The molecular formula is C24H23NO4S. The van der Waals surface area contributed by atoms with Gasteiger partial charge in [0.1, 0.15) is 5.75 Å². The number of likely N-dealkylation sites (tertiary alicyclic amines) is 1. The molecule has 154 valence electrons. The van der Waals surface area contributed by atoms with Gasteiger partial charge in [0.05, 0.1) is 17.6 Å². The second-order valence-electron chi connectivity index (χ2n) is 7.64. The van der Waals surface area contributed by atoms with E-state index in [9.17, 15) is 14.4 Å². The molecule has 0 N–H and O–H groups in total. The molecular weight excluding hydrogens is 398 g/mol. The number of thiophene rings is 1. The Balaban J connectivity index is 1.51. The first kappa shape index (κ1) is 20.3. The summed E-state index contributed by atoms with van der Waals surface area (Å²) in [4.78, 5) is 39.9. The van der Waals surface area contributed by atoms with Crippen molar-refractivity contribution in [1.82, 2.24) is 4.90 Å². The highest BCUT2D eigenvalue weighted by atomic mass is 32.1. The molecule has 5 nitrogen and oxygen atoms in total. The molecule has 0 saturated carbocycles. The highest BCUT2D eigenvalue weighted by molar-refractivity contribution is 7.12. The molecule has 2 aromatic carbocycles. The first-order valence-corrected chi connectivity index (χ1v) is 10.8. The third-order valence-electron chi connectivity index (χ3n) is 5.60. The van der Waals surface area contributed by atoms with Crippen molar-refractivity contribution in [3.8, 4) is 5.75 Å². The first-order chi connectivity index (χ1) is 14.5. The molecule has 2 heterocycles. The second-order valence-corrected chi connectivity index (χ2v) is 8.55. The van der Waals surface area contributed by atoms with Gasteiger partial charge in [-0.1, -0.05) is 18.2 Å². The number of methoxy groups -OCH3 is 1. The van der Waals surface area contributed by atoms with Gasteiger partial charge in [0.2, 0.25) is 0 Å². The maximum atomic E-state index is 13.2. The molecule has 1 aromatic heterocycles. The van der Waals surface area contributed by atoms with E-state index in [4.69, 9.17) is 4.74 Å². The number of rotatable bonds is 5. The molecule has 4 rings (SSSR count). The fraction of sp³-hybridized carbons (Fsp3) is 0.292. The normalized spacial score (nSPS) is 16.5. The van der Waals surface area contributed by atoms with E-state index < -0.39 is 0 Å². The smallest absolute Gasteiger partial charge is 0.254 e. The van der Waals surface area contributed by atoms with Crippen LogP contribution in [0, 0.1) is 5.92 Å². The minimum absolute atomic E-state index is 0.0420. The van der Waals surface area contributed by atoms with Crippen LogP contribution in [-0.2, 0) is 0 Å². The van der Waals surface area contributed by atoms with Crippen LogP contribution in [0.4, 0.5) is 0 Å². The van der Waals surface area contributed by atoms with Crippen molar-refractivity contribution in [1.29, 1.82) is 0 Å². The lowest BCUT2D eigenvalue weighted by molar-refractivity contribution is 0.0637. The van der Waals surface area contributed by atoms with E-state index in [1.807, 2.05) is 36.4 Å². The van der Waals surface area contributed by atoms with Crippen LogP contribution >= 0.6 is 11.3 Å². The molecule has 0 aliphatic carbocycles. The van der Waals surface area contributed by atoms with Crippen molar-refractivity contribution >= 4 is 39.6 Å². The van der Waals surface area contributed by atoms with Crippen molar-refractivity contribution < 1.29 is 19.1 Å². The lowest BCUT2D eigenvalue weighted by atomic mass is 9.89. The second kappa shape index (κ2) is 8.40. The van der Waals surface area contributed by atoms with E-state index in [1.165, 1.54) is 18.3 Å². The zero-order valence-electron chi connectivity index (χ0n) is 17.0. The molecule has 1 amide bonds. The summed E-state index contributed by atoms with van der Waals surface area (Å²) in [6.07, 6.45) is 1.56. The number of nitrogens with zero attached hydrogens (tertiary/aromatic N) is 1. The van der Waals surface area contributed by atoms with Crippen LogP contribution in [-0.4, -0.2) is 42.6 Å². The van der Waals surface area contributed by atoms with Crippen molar-refractivity contribution in [3.05, 3.63) is 63.8 Å². The van der Waals surface area contributed by atoms with E-state index >= 15 is 0 Å². The summed E-state index contributed by atoms with van der Waals surface area (Å²) >= 11 is 1.28. The van der Waals surface area contributed by atoms with Gasteiger partial charge in [0, 0.05) is 30.0 Å². The molecule has 0 bridgehead atoms. The van der Waals surface area contributed by atoms with Crippen LogP contribution in [0.15, 0.2) is 47.8 Å². The average molecular weight is 422 g/mol. The van der Waals surface area contributed by atoms with Crippen LogP contribution in [0.1, 0.15) is 50.2 Å². The van der Waals surface area contributed by atoms with Gasteiger partial charge in [0.25, 0.3) is 5.91 Å². The number of benzene rings is 2. The fourth-order valence-corrected chi connectivity index (χ4v) is 4.71. The minimum atomic E-state index is -0.218. The molecule has 3 aromatic rings. The summed E-state index contributed by atoms with van der Waals surface area (Å²) in [6, 6.07) is 13.1. The molecule has 1 saturated heterocycles. The van der Waals surface area contributed by atoms with Crippen LogP contribution < -0.4 is 4.74 Å². The van der Waals surface area contributed by atoms with E-state index in [0.29, 0.717) is 29.1 Å². The number of Topliss-reactive ketones (excluding diaryl/α,β-unsaturated/α-hetero) is 2. The van der Waals surface area contributed by atoms with Gasteiger partial charge in [-0.2, -0.15) is 0 Å². The maximum absolute atomic E-state index is 13.2. The Morgan fingerprint density at radius 3 is 2.53 bits per heavy atom. The average Bonchev–Trinajstić information content (AvgIpc) is 3.28. The van der Waals surface area contributed by atoms with Gasteiger partial charge in [-0.15, -0.1) is 11.3 Å². The minimum Gasteiger partial charge on any atom is -0.497 e. The highest BCUT2D eigenvalue weighted by Gasteiger charge is 2.30. The zero-order chi connectivity index (χ0) is 21.3. The van der Waals surface area contributed by atoms with Gasteiger partial charge in [-0.05, 0) is 54.8 Å². The number of carbonyl (C=O) groups is 3. The Hall–Kier alpha value is -2.99. The Morgan fingerprint density at radius 2 is 1.80 bits per heavy atom. The summed E-state index contributed by atoms with van der Waals surface area (Å²) in [5.41, 5.74) is 1.19. The van der Waals surface area contributed by atoms with Crippen LogP contribution in [0.5, 0.6) is 5.75 Å². The standard InChI is InChI=1S/C24H23NO4S/c1-15(26)22-12-20(14-30-22)24(28)25-9-3-4-19(13-25)23(27)18-6-5-17-11-21(29-2)8-7-16(17)10-18/h5-8,10-12,14,19H,3-4,9,13H2,1-2H3/t19-/m0/s1. The van der Waals surface area contributed by atoms with Gasteiger partial charge in [-0.3, -0.25) is 14.4 Å². The van der Waals surface area contributed by atoms with E-state index in [0.717, 1.165) is 29.4 Å². The summed E-state index contributed by atoms with van der Waals surface area (Å²) in [5.74, 6) is 0.482. The summed E-state index contributed by atoms with van der Waals surface area (Å²) in [5, 5.41) is 3.73. The number of piperidine rings is 1. The Kier molecular flexibility index (Phi) is 5.68. The monoisotopic (exact) mass is 421 g/mol. The van der Waals surface area contributed by atoms with Crippen molar-refractivity contribution in [3.63, 3.8) is 0 Å². The van der Waals surface area contributed by atoms with Gasteiger partial charge in [-0.25, -0.2) is 0 Å². The fourth-order valence-electron chi connectivity index (χ4n) is 3.93. The molecule has 1 atom stereocenters. The topological polar surface area (TPSA) is 63.7 Å². The number of hydrogen-bond acceptors (Lipinski definition) is 5. The number of amides is 1. The molecule has 0 radical (unpaired) electrons. The van der Waals surface area contributed by atoms with E-state index in [1.54, 1.807) is 23.5 Å². The molecule has 0 unspecified atom stereocenters. The summed E-state index contributed by atoms with van der Waals surface area (Å²) < 4.78 is 5.26. The van der Waals surface area contributed by atoms with Crippen molar-refractivity contribution in [2.75, 3.05) is 20.2 Å². The lowest BCUT2D eigenvalue weighted by Gasteiger charge is -2.32. The molecule has 0 spiro atoms. The van der Waals surface area contributed by atoms with Crippen LogP contribution in [0.2, 0.25) is 0 Å². The summed E-state index contributed by atoms with van der Waals surface area (Å²) in [6.45, 7) is 2.53. The predicted octanol–water partition coefficient (Wildman–Crippen LogP) is 4.85. The summed E-state index contributed by atoms with van der Waals surface area (Å²) in [7, 11) is 1.63. The number of carbonyl (C=O) groups excluding carboxylic acids is 3. The predicted molar refractivity (Wildman–Crippen MR) is 118 cm³/mol. The van der Waals surface area contributed by atoms with Gasteiger partial charge < -0.3 is 9.64 Å². The van der Waals surface area contributed by atoms with Crippen molar-refractivity contribution in [2.45, 2.75) is 19.8 Å². The third kappa shape index (κ3) is 4.00. The number of ketones is 2. The first-order valence-electron chi connectivity index (χ1n) is 9.97. The Labute approximate surface area is 179 Å². The van der Waals surface area contributed by atoms with Crippen molar-refractivity contribution in [2.24, 2.45) is 5.92 Å². The highest BCUT2D eigenvalue weighted by Crippen LogP contribution is 2.27. The largest absolute Gasteiger partial charge is 0.497 e. The lowest BCUT2D eigenvalue weighted by Crippen LogP contribution is -2.42. The van der Waals surface area contributed by atoms with Crippen LogP contribution in [0.3, 0.4) is 0 Å². The quantitative estimate of drug-likeness (QED) is 0.553. The Morgan fingerprint density at radius 1 is 1.03 bits per heavy atom. The van der Waals surface area contributed by atoms with E-state index in [-0.39, 0.29) is 23.4 Å². The molecule has 1 fully saturated rings. The molecule has 1 aliphatic heterocycles.